The topological polar surface area (TPSA) is 97.7 Å². The Kier molecular flexibility index (Phi) is 6.85. The Hall–Kier alpha value is -3.21. The second-order valence-corrected chi connectivity index (χ2v) is 9.88. The summed E-state index contributed by atoms with van der Waals surface area (Å²) in [6.45, 7) is 7.05. The van der Waals surface area contributed by atoms with Crippen molar-refractivity contribution in [1.29, 1.82) is 0 Å². The Bertz CT molecular complexity index is 1190. The maximum Gasteiger partial charge on any atom is 0.253 e. The van der Waals surface area contributed by atoms with Crippen LogP contribution in [-0.2, 0) is 14.3 Å². The Morgan fingerprint density at radius 3 is 2.71 bits per heavy atom. The monoisotopic (exact) mass is 495 g/mol. The zero-order valence-electron chi connectivity index (χ0n) is 19.8. The summed E-state index contributed by atoms with van der Waals surface area (Å²) >= 11 is 1.36. The van der Waals surface area contributed by atoms with Gasteiger partial charge in [-0.25, -0.2) is 4.98 Å². The van der Waals surface area contributed by atoms with Gasteiger partial charge in [0.25, 0.3) is 5.91 Å². The van der Waals surface area contributed by atoms with Crippen LogP contribution in [0.15, 0.2) is 48.1 Å². The van der Waals surface area contributed by atoms with Gasteiger partial charge in [0.15, 0.2) is 5.13 Å². The van der Waals surface area contributed by atoms with Crippen molar-refractivity contribution in [1.82, 2.24) is 14.9 Å². The first-order valence-corrected chi connectivity index (χ1v) is 12.6. The number of nitrogens with zero attached hydrogens (tertiary/aromatic N) is 3. The number of ether oxygens (including phenoxy) is 2. The minimum absolute atomic E-state index is 0.131. The predicted molar refractivity (Wildman–Crippen MR) is 135 cm³/mol. The van der Waals surface area contributed by atoms with Crippen molar-refractivity contribution in [3.8, 4) is 11.3 Å². The van der Waals surface area contributed by atoms with Gasteiger partial charge in [-0.15, -0.1) is 11.3 Å². The van der Waals surface area contributed by atoms with Gasteiger partial charge >= 0.3 is 0 Å². The van der Waals surface area contributed by atoms with Crippen LogP contribution >= 0.6 is 11.3 Å². The number of carbonyl (C=O) groups is 2. The molecule has 184 valence electrons. The van der Waals surface area contributed by atoms with E-state index in [1.165, 1.54) is 11.3 Å². The lowest BCUT2D eigenvalue weighted by Gasteiger charge is -2.37. The third kappa shape index (κ3) is 5.55. The first-order valence-electron chi connectivity index (χ1n) is 11.7. The third-order valence-corrected chi connectivity index (χ3v) is 6.86. The summed E-state index contributed by atoms with van der Waals surface area (Å²) < 4.78 is 13.0. The molecule has 0 radical (unpaired) electrons. The van der Waals surface area contributed by atoms with E-state index in [9.17, 15) is 9.59 Å². The minimum Gasteiger partial charge on any atom is -0.377 e. The molecule has 2 amide bonds. The van der Waals surface area contributed by atoms with Gasteiger partial charge < -0.3 is 29.6 Å². The molecule has 2 aliphatic rings. The lowest BCUT2D eigenvalue weighted by atomic mass is 10.1. The fourth-order valence-electron chi connectivity index (χ4n) is 4.31. The number of morpholine rings is 1. The molecule has 1 aromatic carbocycles. The number of hydrogen-bond acceptors (Lipinski definition) is 7. The molecule has 9 nitrogen and oxygen atoms in total. The number of anilines is 2. The SMILES string of the molecule is C[C@@H]1CN(c2cccc(-c3csc(NC(=O)CNC(=O)c4ccn(C5COC5)c4)n3)c2)C[C@H](C)O1. The van der Waals surface area contributed by atoms with Crippen LogP contribution in [0.4, 0.5) is 10.8 Å². The lowest BCUT2D eigenvalue weighted by Crippen LogP contribution is -2.45. The molecular weight excluding hydrogens is 466 g/mol. The molecule has 4 heterocycles. The Morgan fingerprint density at radius 1 is 1.17 bits per heavy atom. The number of hydrogen-bond donors (Lipinski definition) is 2. The average molecular weight is 496 g/mol. The highest BCUT2D eigenvalue weighted by Crippen LogP contribution is 2.29. The number of thiazole rings is 1. The van der Waals surface area contributed by atoms with E-state index in [1.807, 2.05) is 28.3 Å². The van der Waals surface area contributed by atoms with Gasteiger partial charge in [0.1, 0.15) is 0 Å². The quantitative estimate of drug-likeness (QED) is 0.523. The van der Waals surface area contributed by atoms with Crippen LogP contribution in [0.3, 0.4) is 0 Å². The molecule has 2 aliphatic heterocycles. The second-order valence-electron chi connectivity index (χ2n) is 9.02. The van der Waals surface area contributed by atoms with Crippen LogP contribution in [0, 0.1) is 0 Å². The molecule has 10 heteroatoms. The molecule has 0 aliphatic carbocycles. The van der Waals surface area contributed by atoms with E-state index in [0.717, 1.165) is 30.0 Å². The zero-order valence-corrected chi connectivity index (χ0v) is 20.6. The number of rotatable bonds is 7. The standard InChI is InChI=1S/C25H29N5O4S/c1-16-10-30(11-17(2)34-16)20-5-3-4-18(8-20)22-15-35-25(27-22)28-23(31)9-26-24(32)19-6-7-29(12-19)21-13-33-14-21/h3-8,12,15-17,21H,9-11,13-14H2,1-2H3,(H,26,32)(H,27,28,31)/t16-,17+. The summed E-state index contributed by atoms with van der Waals surface area (Å²) in [5.41, 5.74) is 3.43. The summed E-state index contributed by atoms with van der Waals surface area (Å²) in [6.07, 6.45) is 4.00. The summed E-state index contributed by atoms with van der Waals surface area (Å²) in [5.74, 6) is -0.612. The van der Waals surface area contributed by atoms with E-state index in [-0.39, 0.29) is 36.6 Å². The van der Waals surface area contributed by atoms with Gasteiger partial charge in [-0.3, -0.25) is 9.59 Å². The van der Waals surface area contributed by atoms with E-state index in [4.69, 9.17) is 9.47 Å². The normalized spacial score (nSPS) is 20.3. The summed E-state index contributed by atoms with van der Waals surface area (Å²) in [5, 5.41) is 7.85. The molecule has 3 aromatic rings. The molecule has 2 fully saturated rings. The molecule has 0 bridgehead atoms. The van der Waals surface area contributed by atoms with Crippen molar-refractivity contribution in [2.75, 3.05) is 43.1 Å². The Morgan fingerprint density at radius 2 is 1.97 bits per heavy atom. The lowest BCUT2D eigenvalue weighted by molar-refractivity contribution is -0.115. The van der Waals surface area contributed by atoms with Crippen LogP contribution in [0.2, 0.25) is 0 Å². The van der Waals surface area contributed by atoms with Gasteiger partial charge in [-0.2, -0.15) is 0 Å². The van der Waals surface area contributed by atoms with Crippen LogP contribution < -0.4 is 15.5 Å². The maximum atomic E-state index is 12.4. The molecule has 2 saturated heterocycles. The largest absolute Gasteiger partial charge is 0.377 e. The van der Waals surface area contributed by atoms with Gasteiger partial charge in [0.2, 0.25) is 5.91 Å². The molecular formula is C25H29N5O4S. The van der Waals surface area contributed by atoms with Crippen molar-refractivity contribution in [2.24, 2.45) is 0 Å². The zero-order chi connectivity index (χ0) is 24.4. The van der Waals surface area contributed by atoms with Gasteiger partial charge in [0.05, 0.1) is 49.3 Å². The molecule has 0 saturated carbocycles. The van der Waals surface area contributed by atoms with E-state index in [2.05, 4.69) is 46.5 Å². The fraction of sp³-hybridized carbons (Fsp3) is 0.400. The average Bonchev–Trinajstić information content (AvgIpc) is 3.46. The predicted octanol–water partition coefficient (Wildman–Crippen LogP) is 3.17. The molecule has 5 rings (SSSR count). The summed E-state index contributed by atoms with van der Waals surface area (Å²) in [7, 11) is 0. The van der Waals surface area contributed by atoms with E-state index in [0.29, 0.717) is 23.9 Å². The number of aromatic nitrogens is 2. The Labute approximate surface area is 208 Å². The summed E-state index contributed by atoms with van der Waals surface area (Å²) in [6, 6.07) is 10.3. The minimum atomic E-state index is -0.323. The van der Waals surface area contributed by atoms with E-state index >= 15 is 0 Å². The molecule has 0 unspecified atom stereocenters. The van der Waals surface area contributed by atoms with Crippen molar-refractivity contribution >= 4 is 34.0 Å². The van der Waals surface area contributed by atoms with Crippen molar-refractivity contribution in [3.05, 3.63) is 53.7 Å². The highest BCUT2D eigenvalue weighted by Gasteiger charge is 2.23. The van der Waals surface area contributed by atoms with Crippen LogP contribution in [-0.4, -0.2) is 66.4 Å². The number of carbonyl (C=O) groups excluding carboxylic acids is 2. The third-order valence-electron chi connectivity index (χ3n) is 6.11. The maximum absolute atomic E-state index is 12.4. The second kappa shape index (κ2) is 10.2. The van der Waals surface area contributed by atoms with Gasteiger partial charge in [-0.1, -0.05) is 12.1 Å². The highest BCUT2D eigenvalue weighted by atomic mass is 32.1. The summed E-state index contributed by atoms with van der Waals surface area (Å²) in [4.78, 5) is 31.7. The number of amides is 2. The van der Waals surface area contributed by atoms with Crippen LogP contribution in [0.1, 0.15) is 30.2 Å². The van der Waals surface area contributed by atoms with Gasteiger partial charge in [-0.05, 0) is 32.0 Å². The molecule has 0 spiro atoms. The fourth-order valence-corrected chi connectivity index (χ4v) is 5.05. The van der Waals surface area contributed by atoms with Crippen LogP contribution in [0.5, 0.6) is 0 Å². The first-order chi connectivity index (χ1) is 16.9. The molecule has 2 aromatic heterocycles. The van der Waals surface area contributed by atoms with Crippen LogP contribution in [0.25, 0.3) is 11.3 Å². The molecule has 2 N–H and O–H groups in total. The van der Waals surface area contributed by atoms with Crippen molar-refractivity contribution < 1.29 is 19.1 Å². The van der Waals surface area contributed by atoms with E-state index < -0.39 is 0 Å². The highest BCUT2D eigenvalue weighted by molar-refractivity contribution is 7.14. The van der Waals surface area contributed by atoms with Crippen molar-refractivity contribution in [2.45, 2.75) is 32.1 Å². The first kappa shape index (κ1) is 23.5. The molecule has 2 atom stereocenters. The smallest absolute Gasteiger partial charge is 0.253 e. The van der Waals surface area contributed by atoms with Gasteiger partial charge in [0, 0.05) is 42.1 Å². The van der Waals surface area contributed by atoms with Crippen molar-refractivity contribution in [3.63, 3.8) is 0 Å². The number of nitrogens with one attached hydrogen (secondary N) is 2. The number of benzene rings is 1. The molecule has 35 heavy (non-hydrogen) atoms. The van der Waals surface area contributed by atoms with E-state index in [1.54, 1.807) is 12.3 Å². The Balaban J connectivity index is 1.16.